The number of nitrogens with one attached hydrogen (secondary N) is 1. The van der Waals surface area contributed by atoms with Crippen molar-refractivity contribution in [1.82, 2.24) is 10.2 Å². The standard InChI is InChI=1S/C17H18N2S2/c1-2-5-15-13(4-1)14(12-21-15)17(16-6-3-11-20-16)19-9-7-18-8-10-19/h1-6,11-12,17-18H,7-10H2/t17-/m0/s1. The maximum atomic E-state index is 3.46. The largest absolute Gasteiger partial charge is 0.314 e. The Kier molecular flexibility index (Phi) is 3.78. The third kappa shape index (κ3) is 2.53. The minimum atomic E-state index is 0.406. The molecule has 1 aliphatic heterocycles. The molecule has 3 aromatic rings. The molecule has 0 spiro atoms. The van der Waals surface area contributed by atoms with E-state index in [2.05, 4.69) is 57.4 Å². The quantitative estimate of drug-likeness (QED) is 0.787. The molecule has 21 heavy (non-hydrogen) atoms. The second kappa shape index (κ2) is 5.89. The zero-order valence-corrected chi connectivity index (χ0v) is 13.4. The van der Waals surface area contributed by atoms with Gasteiger partial charge in [-0.2, -0.15) is 0 Å². The normalized spacial score (nSPS) is 18.1. The third-order valence-electron chi connectivity index (χ3n) is 4.13. The molecule has 4 rings (SSSR count). The predicted octanol–water partition coefficient (Wildman–Crippen LogP) is 3.96. The number of hydrogen-bond donors (Lipinski definition) is 1. The molecular weight excluding hydrogens is 296 g/mol. The highest BCUT2D eigenvalue weighted by Gasteiger charge is 2.26. The van der Waals surface area contributed by atoms with E-state index in [0.717, 1.165) is 26.2 Å². The summed E-state index contributed by atoms with van der Waals surface area (Å²) in [6, 6.07) is 13.6. The maximum Gasteiger partial charge on any atom is 0.0711 e. The zero-order valence-electron chi connectivity index (χ0n) is 11.8. The molecule has 1 N–H and O–H groups in total. The first-order valence-electron chi connectivity index (χ1n) is 7.38. The summed E-state index contributed by atoms with van der Waals surface area (Å²) in [5, 5.41) is 9.43. The molecular formula is C17H18N2S2. The first-order valence-corrected chi connectivity index (χ1v) is 9.14. The van der Waals surface area contributed by atoms with Crippen molar-refractivity contribution in [2.45, 2.75) is 6.04 Å². The van der Waals surface area contributed by atoms with Gasteiger partial charge >= 0.3 is 0 Å². The van der Waals surface area contributed by atoms with Crippen LogP contribution in [0.25, 0.3) is 10.1 Å². The van der Waals surface area contributed by atoms with Crippen LogP contribution in [0.5, 0.6) is 0 Å². The number of rotatable bonds is 3. The summed E-state index contributed by atoms with van der Waals surface area (Å²) in [7, 11) is 0. The van der Waals surface area contributed by atoms with Crippen LogP contribution in [-0.2, 0) is 0 Å². The van der Waals surface area contributed by atoms with E-state index in [9.17, 15) is 0 Å². The van der Waals surface area contributed by atoms with Crippen LogP contribution in [0.15, 0.2) is 47.2 Å². The number of piperazine rings is 1. The van der Waals surface area contributed by atoms with Gasteiger partial charge in [0.2, 0.25) is 0 Å². The fraction of sp³-hybridized carbons (Fsp3) is 0.294. The van der Waals surface area contributed by atoms with Gasteiger partial charge in [-0.25, -0.2) is 0 Å². The lowest BCUT2D eigenvalue weighted by Gasteiger charge is -2.34. The van der Waals surface area contributed by atoms with Gasteiger partial charge < -0.3 is 5.32 Å². The van der Waals surface area contributed by atoms with Gasteiger partial charge in [0.05, 0.1) is 6.04 Å². The summed E-state index contributed by atoms with van der Waals surface area (Å²) < 4.78 is 1.39. The topological polar surface area (TPSA) is 15.3 Å². The number of hydrogen-bond acceptors (Lipinski definition) is 4. The molecule has 0 aliphatic carbocycles. The van der Waals surface area contributed by atoms with E-state index < -0.39 is 0 Å². The van der Waals surface area contributed by atoms with Crippen molar-refractivity contribution in [1.29, 1.82) is 0 Å². The molecule has 1 fully saturated rings. The van der Waals surface area contributed by atoms with Gasteiger partial charge in [-0.05, 0) is 33.8 Å². The van der Waals surface area contributed by atoms with Gasteiger partial charge in [0.25, 0.3) is 0 Å². The minimum absolute atomic E-state index is 0.406. The second-order valence-corrected chi connectivity index (χ2v) is 7.28. The van der Waals surface area contributed by atoms with Crippen LogP contribution in [0.1, 0.15) is 16.5 Å². The van der Waals surface area contributed by atoms with Crippen molar-refractivity contribution in [2.24, 2.45) is 0 Å². The number of thiophene rings is 2. The van der Waals surface area contributed by atoms with Crippen LogP contribution >= 0.6 is 22.7 Å². The molecule has 0 saturated carbocycles. The van der Waals surface area contributed by atoms with Crippen molar-refractivity contribution >= 4 is 32.8 Å². The highest BCUT2D eigenvalue weighted by atomic mass is 32.1. The Morgan fingerprint density at radius 2 is 1.86 bits per heavy atom. The minimum Gasteiger partial charge on any atom is -0.314 e. The molecule has 1 aliphatic rings. The average Bonchev–Trinajstić information content (AvgIpc) is 3.20. The second-order valence-electron chi connectivity index (χ2n) is 5.39. The van der Waals surface area contributed by atoms with Gasteiger partial charge in [-0.15, -0.1) is 22.7 Å². The number of fused-ring (bicyclic) bond motifs is 1. The molecule has 0 unspecified atom stereocenters. The maximum absolute atomic E-state index is 3.46. The molecule has 2 aromatic heterocycles. The highest BCUT2D eigenvalue weighted by molar-refractivity contribution is 7.17. The zero-order chi connectivity index (χ0) is 14.1. The van der Waals surface area contributed by atoms with Crippen LogP contribution in [0, 0.1) is 0 Å². The Bertz CT molecular complexity index is 711. The number of benzene rings is 1. The van der Waals surface area contributed by atoms with E-state index in [1.165, 1.54) is 20.5 Å². The predicted molar refractivity (Wildman–Crippen MR) is 92.4 cm³/mol. The summed E-state index contributed by atoms with van der Waals surface area (Å²) in [5.74, 6) is 0. The molecule has 1 aromatic carbocycles. The molecule has 0 radical (unpaired) electrons. The Labute approximate surface area is 133 Å². The summed E-state index contributed by atoms with van der Waals surface area (Å²) in [4.78, 5) is 4.08. The van der Waals surface area contributed by atoms with Crippen molar-refractivity contribution in [3.05, 3.63) is 57.6 Å². The van der Waals surface area contributed by atoms with E-state index in [4.69, 9.17) is 0 Å². The van der Waals surface area contributed by atoms with Gasteiger partial charge in [-0.1, -0.05) is 24.3 Å². The van der Waals surface area contributed by atoms with Crippen molar-refractivity contribution in [2.75, 3.05) is 26.2 Å². The molecule has 0 amide bonds. The lowest BCUT2D eigenvalue weighted by molar-refractivity contribution is 0.202. The molecule has 108 valence electrons. The van der Waals surface area contributed by atoms with Crippen molar-refractivity contribution in [3.8, 4) is 0 Å². The van der Waals surface area contributed by atoms with E-state index in [1.807, 2.05) is 22.7 Å². The third-order valence-corrected chi connectivity index (χ3v) is 6.04. The molecule has 4 heteroatoms. The van der Waals surface area contributed by atoms with E-state index in [1.54, 1.807) is 0 Å². The van der Waals surface area contributed by atoms with Crippen molar-refractivity contribution < 1.29 is 0 Å². The van der Waals surface area contributed by atoms with E-state index in [-0.39, 0.29) is 0 Å². The highest BCUT2D eigenvalue weighted by Crippen LogP contribution is 2.38. The SMILES string of the molecule is c1csc([C@H](c2csc3ccccc23)N2CCNCC2)c1. The molecule has 2 nitrogen and oxygen atoms in total. The molecule has 1 atom stereocenters. The Hall–Kier alpha value is -1.20. The smallest absolute Gasteiger partial charge is 0.0711 e. The summed E-state index contributed by atoms with van der Waals surface area (Å²) in [6.45, 7) is 4.41. The van der Waals surface area contributed by atoms with Crippen LogP contribution in [0.4, 0.5) is 0 Å². The lowest BCUT2D eigenvalue weighted by Crippen LogP contribution is -2.45. The van der Waals surface area contributed by atoms with Crippen LogP contribution in [0.3, 0.4) is 0 Å². The van der Waals surface area contributed by atoms with Gasteiger partial charge in [0, 0.05) is 35.8 Å². The van der Waals surface area contributed by atoms with Gasteiger partial charge in [0.15, 0.2) is 0 Å². The Morgan fingerprint density at radius 1 is 1.00 bits per heavy atom. The lowest BCUT2D eigenvalue weighted by atomic mass is 10.0. The Balaban J connectivity index is 1.81. The van der Waals surface area contributed by atoms with Crippen LogP contribution < -0.4 is 5.32 Å². The fourth-order valence-electron chi connectivity index (χ4n) is 3.13. The average molecular weight is 314 g/mol. The number of nitrogens with zero attached hydrogens (tertiary/aromatic N) is 1. The molecule has 0 bridgehead atoms. The molecule has 3 heterocycles. The Morgan fingerprint density at radius 3 is 2.67 bits per heavy atom. The van der Waals surface area contributed by atoms with Gasteiger partial charge in [-0.3, -0.25) is 4.90 Å². The van der Waals surface area contributed by atoms with E-state index in [0.29, 0.717) is 6.04 Å². The first-order chi connectivity index (χ1) is 10.4. The first kappa shape index (κ1) is 13.5. The van der Waals surface area contributed by atoms with Gasteiger partial charge in [0.1, 0.15) is 0 Å². The summed E-state index contributed by atoms with van der Waals surface area (Å²) in [5.41, 5.74) is 1.47. The van der Waals surface area contributed by atoms with Crippen molar-refractivity contribution in [3.63, 3.8) is 0 Å². The monoisotopic (exact) mass is 314 g/mol. The summed E-state index contributed by atoms with van der Waals surface area (Å²) >= 11 is 3.74. The van der Waals surface area contributed by atoms with E-state index >= 15 is 0 Å². The van der Waals surface area contributed by atoms with Crippen LogP contribution in [-0.4, -0.2) is 31.1 Å². The fourth-order valence-corrected chi connectivity index (χ4v) is 4.98. The summed E-state index contributed by atoms with van der Waals surface area (Å²) in [6.07, 6.45) is 0. The molecule has 1 saturated heterocycles. The van der Waals surface area contributed by atoms with Crippen LogP contribution in [0.2, 0.25) is 0 Å².